The van der Waals surface area contributed by atoms with E-state index in [1.165, 1.54) is 12.1 Å². The van der Waals surface area contributed by atoms with Crippen molar-refractivity contribution in [1.82, 2.24) is 4.98 Å². The minimum atomic E-state index is -6.59. The predicted octanol–water partition coefficient (Wildman–Crippen LogP) is 2.51. The lowest BCUT2D eigenvalue weighted by atomic mass is 10.1. The van der Waals surface area contributed by atoms with Crippen LogP contribution in [-0.2, 0) is 12.8 Å². The second kappa shape index (κ2) is 7.49. The minimum absolute atomic E-state index is 0.443. The van der Waals surface area contributed by atoms with Crippen LogP contribution < -0.4 is 9.78 Å². The predicted molar refractivity (Wildman–Crippen MR) is 77.1 cm³/mol. The van der Waals surface area contributed by atoms with E-state index < -0.39 is 23.9 Å². The topological polar surface area (TPSA) is 52.2 Å². The molecule has 0 saturated carbocycles. The molecule has 0 aliphatic carbocycles. The van der Waals surface area contributed by atoms with E-state index in [1.54, 1.807) is 24.5 Å². The van der Waals surface area contributed by atoms with Crippen LogP contribution in [0.15, 0.2) is 54.2 Å². The van der Waals surface area contributed by atoms with Crippen LogP contribution in [0.2, 0.25) is 0 Å². The van der Waals surface area contributed by atoms with Crippen molar-refractivity contribution in [2.75, 3.05) is 0 Å². The standard InChI is InChI=1S/C16H12F7N3O/c17-14(18,15(19,20)16(21,22)23)13(27)25-26-9-5-12(6-10-26)2-1-11-3-7-24-8-4-11/h3-10H,1-2H2. The summed E-state index contributed by atoms with van der Waals surface area (Å²) >= 11 is 0. The highest BCUT2D eigenvalue weighted by Gasteiger charge is 2.73. The summed E-state index contributed by atoms with van der Waals surface area (Å²) in [6.07, 6.45) is -0.225. The van der Waals surface area contributed by atoms with Crippen LogP contribution in [0.5, 0.6) is 0 Å². The van der Waals surface area contributed by atoms with Gasteiger partial charge < -0.3 is 5.11 Å². The van der Waals surface area contributed by atoms with E-state index in [4.69, 9.17) is 0 Å². The quantitative estimate of drug-likeness (QED) is 0.327. The maximum absolute atomic E-state index is 13.2. The highest BCUT2D eigenvalue weighted by atomic mass is 19.4. The maximum Gasteiger partial charge on any atom is 0.460 e. The van der Waals surface area contributed by atoms with Gasteiger partial charge in [-0.3, -0.25) is 4.98 Å². The molecule has 0 atom stereocenters. The van der Waals surface area contributed by atoms with Gasteiger partial charge in [-0.15, -0.1) is 0 Å². The number of alkyl halides is 7. The number of aryl methyl sites for hydroxylation is 2. The molecule has 2 aromatic heterocycles. The Bertz CT molecular complexity index is 790. The molecule has 0 aromatic carbocycles. The Morgan fingerprint density at radius 2 is 1.37 bits per heavy atom. The average molecular weight is 395 g/mol. The van der Waals surface area contributed by atoms with Gasteiger partial charge in [0.25, 0.3) is 0 Å². The van der Waals surface area contributed by atoms with Gasteiger partial charge in [0.2, 0.25) is 12.4 Å². The summed E-state index contributed by atoms with van der Waals surface area (Å²) in [5, 5.41) is 13.8. The molecule has 0 amide bonds. The molecule has 0 fully saturated rings. The molecule has 2 aromatic rings. The number of hydrogen-bond donors (Lipinski definition) is 0. The molecular weight excluding hydrogens is 383 g/mol. The fourth-order valence-corrected chi connectivity index (χ4v) is 2.00. The zero-order chi connectivity index (χ0) is 20.3. The van der Waals surface area contributed by atoms with Crippen LogP contribution in [0.3, 0.4) is 0 Å². The molecule has 0 spiro atoms. The summed E-state index contributed by atoms with van der Waals surface area (Å²) in [6, 6.07) is 6.33. The van der Waals surface area contributed by atoms with Crippen molar-refractivity contribution < 1.29 is 40.5 Å². The minimum Gasteiger partial charge on any atom is -0.853 e. The van der Waals surface area contributed by atoms with Crippen molar-refractivity contribution >= 4 is 5.90 Å². The van der Waals surface area contributed by atoms with Gasteiger partial charge in [-0.05, 0) is 41.2 Å². The fourth-order valence-electron chi connectivity index (χ4n) is 2.00. The second-order valence-corrected chi connectivity index (χ2v) is 5.49. The van der Waals surface area contributed by atoms with Crippen molar-refractivity contribution in [2.45, 2.75) is 30.9 Å². The summed E-state index contributed by atoms with van der Waals surface area (Å²) in [7, 11) is 0. The van der Waals surface area contributed by atoms with E-state index in [2.05, 4.69) is 10.1 Å². The Kier molecular flexibility index (Phi) is 5.71. The number of rotatable bonds is 6. The lowest BCUT2D eigenvalue weighted by Crippen LogP contribution is -2.60. The largest absolute Gasteiger partial charge is 0.853 e. The van der Waals surface area contributed by atoms with E-state index in [9.17, 15) is 35.8 Å². The number of pyridine rings is 2. The molecular formula is C16H12F7N3O. The number of nitrogens with zero attached hydrogens (tertiary/aromatic N) is 3. The normalized spacial score (nSPS) is 13.7. The van der Waals surface area contributed by atoms with Crippen LogP contribution in [0, 0.1) is 0 Å². The van der Waals surface area contributed by atoms with Gasteiger partial charge >= 0.3 is 18.0 Å². The van der Waals surface area contributed by atoms with Crippen molar-refractivity contribution in [3.8, 4) is 0 Å². The van der Waals surface area contributed by atoms with E-state index in [1.807, 2.05) is 0 Å². The van der Waals surface area contributed by atoms with Crippen molar-refractivity contribution in [3.63, 3.8) is 0 Å². The molecule has 27 heavy (non-hydrogen) atoms. The smallest absolute Gasteiger partial charge is 0.460 e. The average Bonchev–Trinajstić information content (AvgIpc) is 2.61. The van der Waals surface area contributed by atoms with Gasteiger partial charge in [-0.2, -0.15) is 30.7 Å². The zero-order valence-electron chi connectivity index (χ0n) is 13.4. The molecule has 2 heterocycles. The van der Waals surface area contributed by atoms with Gasteiger partial charge in [0.05, 0.1) is 0 Å². The first kappa shape index (κ1) is 20.6. The van der Waals surface area contributed by atoms with Crippen molar-refractivity contribution in [3.05, 3.63) is 60.2 Å². The fraction of sp³-hybridized carbons (Fsp3) is 0.312. The molecule has 0 saturated heterocycles. The highest BCUT2D eigenvalue weighted by Crippen LogP contribution is 2.46. The Labute approximate surface area is 148 Å². The SMILES string of the molecule is [O-]/C(=N\[n+]1ccc(CCc2ccncc2)cc1)C(F)(F)C(F)(F)C(F)(F)F. The number of hydrogen-bond acceptors (Lipinski definition) is 3. The second-order valence-electron chi connectivity index (χ2n) is 5.49. The first-order valence-corrected chi connectivity index (χ1v) is 7.43. The molecule has 0 unspecified atom stereocenters. The highest BCUT2D eigenvalue weighted by molar-refractivity contribution is 5.80. The van der Waals surface area contributed by atoms with Gasteiger partial charge in [-0.25, -0.2) is 0 Å². The lowest BCUT2D eigenvalue weighted by Gasteiger charge is -2.29. The van der Waals surface area contributed by atoms with Crippen LogP contribution in [0.1, 0.15) is 11.1 Å². The van der Waals surface area contributed by atoms with Gasteiger partial charge in [0, 0.05) is 24.5 Å². The van der Waals surface area contributed by atoms with Crippen LogP contribution in [0.4, 0.5) is 30.7 Å². The molecule has 0 N–H and O–H groups in total. The third kappa shape index (κ3) is 4.52. The summed E-state index contributed by atoms with van der Waals surface area (Å²) in [4.78, 5) is 3.86. The zero-order valence-corrected chi connectivity index (χ0v) is 13.4. The Hall–Kier alpha value is -2.72. The molecule has 0 aliphatic rings. The molecule has 2 rings (SSSR count). The van der Waals surface area contributed by atoms with Gasteiger partial charge in [0.1, 0.15) is 5.90 Å². The Balaban J connectivity index is 2.12. The third-order valence-corrected chi connectivity index (χ3v) is 3.56. The first-order valence-electron chi connectivity index (χ1n) is 7.43. The summed E-state index contributed by atoms with van der Waals surface area (Å²) in [5.74, 6) is -15.5. The van der Waals surface area contributed by atoms with Crippen LogP contribution >= 0.6 is 0 Å². The molecule has 0 bridgehead atoms. The van der Waals surface area contributed by atoms with Crippen LogP contribution in [0.25, 0.3) is 0 Å². The lowest BCUT2D eigenvalue weighted by molar-refractivity contribution is -0.682. The third-order valence-electron chi connectivity index (χ3n) is 3.56. The van der Waals surface area contributed by atoms with E-state index in [0.717, 1.165) is 18.0 Å². The van der Waals surface area contributed by atoms with E-state index in [-0.39, 0.29) is 0 Å². The Morgan fingerprint density at radius 1 is 0.889 bits per heavy atom. The molecule has 4 nitrogen and oxygen atoms in total. The van der Waals surface area contributed by atoms with Crippen molar-refractivity contribution in [2.24, 2.45) is 5.10 Å². The summed E-state index contributed by atoms with van der Waals surface area (Å²) in [5.41, 5.74) is 1.69. The van der Waals surface area contributed by atoms with Gasteiger partial charge in [-0.1, -0.05) is 4.68 Å². The number of aromatic nitrogens is 2. The van der Waals surface area contributed by atoms with Gasteiger partial charge in [0.15, 0.2) is 0 Å². The molecule has 146 valence electrons. The van der Waals surface area contributed by atoms with E-state index in [0.29, 0.717) is 23.1 Å². The summed E-state index contributed by atoms with van der Waals surface area (Å²) < 4.78 is 88.8. The number of halogens is 7. The molecule has 0 aliphatic heterocycles. The molecule has 0 radical (unpaired) electrons. The monoisotopic (exact) mass is 395 g/mol. The Morgan fingerprint density at radius 3 is 1.85 bits per heavy atom. The van der Waals surface area contributed by atoms with E-state index >= 15 is 0 Å². The summed E-state index contributed by atoms with van der Waals surface area (Å²) in [6.45, 7) is 0. The van der Waals surface area contributed by atoms with Crippen LogP contribution in [-0.4, -0.2) is 28.9 Å². The molecule has 11 heteroatoms. The first-order chi connectivity index (χ1) is 12.4. The maximum atomic E-state index is 13.2. The van der Waals surface area contributed by atoms with Crippen molar-refractivity contribution in [1.29, 1.82) is 0 Å².